The van der Waals surface area contributed by atoms with Crippen LogP contribution in [0.2, 0.25) is 0 Å². The summed E-state index contributed by atoms with van der Waals surface area (Å²) in [4.78, 5) is 23.8. The Morgan fingerprint density at radius 2 is 1.83 bits per heavy atom. The van der Waals surface area contributed by atoms with E-state index in [1.807, 2.05) is 45.9 Å². The highest BCUT2D eigenvalue weighted by Gasteiger charge is 2.26. The number of amides is 3. The number of hydrogen-bond acceptors (Lipinski definition) is 2. The number of carbonyl (C=O) groups is 2. The quantitative estimate of drug-likeness (QED) is 0.817. The van der Waals surface area contributed by atoms with Gasteiger partial charge in [0.15, 0.2) is 0 Å². The summed E-state index contributed by atoms with van der Waals surface area (Å²) in [7, 11) is 0. The number of aryl methyl sites for hydroxylation is 2. The molecule has 1 aliphatic rings. The zero-order valence-electron chi connectivity index (χ0n) is 11.4. The van der Waals surface area contributed by atoms with E-state index in [1.54, 1.807) is 0 Å². The number of urea groups is 1. The fourth-order valence-corrected chi connectivity index (χ4v) is 1.73. The highest BCUT2D eigenvalue weighted by molar-refractivity contribution is 6.01. The molecule has 0 radical (unpaired) electrons. The molecule has 1 N–H and O–H groups in total. The number of benzene rings is 1. The minimum Gasteiger partial charge on any atom is -0.311 e. The molecule has 98 valence electrons. The van der Waals surface area contributed by atoms with Gasteiger partial charge in [-0.3, -0.25) is 10.1 Å². The van der Waals surface area contributed by atoms with Crippen molar-refractivity contribution in [2.24, 2.45) is 0 Å². The first-order chi connectivity index (χ1) is 8.56. The summed E-state index contributed by atoms with van der Waals surface area (Å²) < 4.78 is 0. The van der Waals surface area contributed by atoms with E-state index in [-0.39, 0.29) is 18.5 Å². The van der Waals surface area contributed by atoms with Crippen molar-refractivity contribution in [3.63, 3.8) is 0 Å². The highest BCUT2D eigenvalue weighted by atomic mass is 16.2. The number of carbonyl (C=O) groups excluding carboxylic acids is 2. The molecule has 2 rings (SSSR count). The van der Waals surface area contributed by atoms with Crippen LogP contribution in [0.3, 0.4) is 0 Å². The smallest absolute Gasteiger partial charge is 0.311 e. The third-order valence-corrected chi connectivity index (χ3v) is 2.81. The fourth-order valence-electron chi connectivity index (χ4n) is 1.73. The largest absolute Gasteiger partial charge is 0.324 e. The summed E-state index contributed by atoms with van der Waals surface area (Å²) in [6, 6.07) is 5.76. The van der Waals surface area contributed by atoms with Crippen LogP contribution in [0.25, 0.3) is 0 Å². The molecule has 18 heavy (non-hydrogen) atoms. The Balaban J connectivity index is 0.000000771. The predicted octanol–water partition coefficient (Wildman–Crippen LogP) is 2.38. The Hall–Kier alpha value is -1.84. The lowest BCUT2D eigenvalue weighted by Gasteiger charge is -2.13. The van der Waals surface area contributed by atoms with Gasteiger partial charge in [-0.25, -0.2) is 4.79 Å². The first-order valence-electron chi connectivity index (χ1n) is 6.21. The van der Waals surface area contributed by atoms with Crippen LogP contribution in [0.1, 0.15) is 30.5 Å². The topological polar surface area (TPSA) is 49.4 Å². The molecular formula is C14H20N2O2. The van der Waals surface area contributed by atoms with E-state index in [4.69, 9.17) is 0 Å². The van der Waals surface area contributed by atoms with E-state index in [9.17, 15) is 9.59 Å². The monoisotopic (exact) mass is 248 g/mol. The molecule has 0 unspecified atom stereocenters. The average Bonchev–Trinajstić information content (AvgIpc) is 2.65. The van der Waals surface area contributed by atoms with Crippen LogP contribution >= 0.6 is 0 Å². The zero-order valence-corrected chi connectivity index (χ0v) is 11.4. The molecule has 4 heteroatoms. The van der Waals surface area contributed by atoms with Crippen molar-refractivity contribution in [3.8, 4) is 0 Å². The summed E-state index contributed by atoms with van der Waals surface area (Å²) in [6.45, 7) is 8.73. The summed E-state index contributed by atoms with van der Waals surface area (Å²) in [6.07, 6.45) is 0. The Bertz CT molecular complexity index is 455. The average molecular weight is 248 g/mol. The molecule has 1 heterocycles. The van der Waals surface area contributed by atoms with Gasteiger partial charge in [0.1, 0.15) is 6.54 Å². The van der Waals surface area contributed by atoms with Crippen molar-refractivity contribution in [3.05, 3.63) is 34.9 Å². The Labute approximate surface area is 108 Å². The number of nitrogens with zero attached hydrogens (tertiary/aromatic N) is 1. The third kappa shape index (κ3) is 3.32. The Morgan fingerprint density at radius 3 is 2.33 bits per heavy atom. The molecule has 0 bridgehead atoms. The predicted molar refractivity (Wildman–Crippen MR) is 71.2 cm³/mol. The van der Waals surface area contributed by atoms with Gasteiger partial charge in [-0.05, 0) is 30.5 Å². The van der Waals surface area contributed by atoms with E-state index in [1.165, 1.54) is 16.0 Å². The maximum absolute atomic E-state index is 11.3. The normalized spacial score (nSPS) is 14.1. The fraction of sp³-hybridized carbons (Fsp3) is 0.429. The minimum absolute atomic E-state index is 0.158. The SMILES string of the molecule is CC.Cc1ccc(CN2CC(=O)NC2=O)cc1C. The van der Waals surface area contributed by atoms with Crippen molar-refractivity contribution in [1.29, 1.82) is 0 Å². The third-order valence-electron chi connectivity index (χ3n) is 2.81. The van der Waals surface area contributed by atoms with E-state index in [2.05, 4.69) is 5.32 Å². The number of nitrogens with one attached hydrogen (secondary N) is 1. The summed E-state index contributed by atoms with van der Waals surface area (Å²) in [5, 5.41) is 2.26. The summed E-state index contributed by atoms with van der Waals surface area (Å²) >= 11 is 0. The van der Waals surface area contributed by atoms with Gasteiger partial charge < -0.3 is 4.90 Å². The second-order valence-electron chi connectivity index (χ2n) is 4.13. The first kappa shape index (κ1) is 14.2. The van der Waals surface area contributed by atoms with E-state index < -0.39 is 0 Å². The van der Waals surface area contributed by atoms with Gasteiger partial charge in [-0.15, -0.1) is 0 Å². The van der Waals surface area contributed by atoms with Crippen molar-refractivity contribution in [1.82, 2.24) is 10.2 Å². The number of imide groups is 1. The Kier molecular flexibility index (Phi) is 4.89. The molecule has 1 aliphatic heterocycles. The second-order valence-corrected chi connectivity index (χ2v) is 4.13. The molecule has 0 atom stereocenters. The molecule has 1 saturated heterocycles. The van der Waals surface area contributed by atoms with E-state index >= 15 is 0 Å². The summed E-state index contributed by atoms with van der Waals surface area (Å²) in [5.41, 5.74) is 3.47. The molecular weight excluding hydrogens is 228 g/mol. The van der Waals surface area contributed by atoms with Gasteiger partial charge in [0.05, 0.1) is 0 Å². The van der Waals surface area contributed by atoms with Gasteiger partial charge in [0.2, 0.25) is 5.91 Å². The van der Waals surface area contributed by atoms with Crippen LogP contribution in [-0.4, -0.2) is 23.4 Å². The van der Waals surface area contributed by atoms with E-state index in [0.29, 0.717) is 6.54 Å². The minimum atomic E-state index is -0.303. The van der Waals surface area contributed by atoms with Gasteiger partial charge in [0.25, 0.3) is 0 Å². The molecule has 4 nitrogen and oxygen atoms in total. The van der Waals surface area contributed by atoms with Crippen LogP contribution < -0.4 is 5.32 Å². The molecule has 1 fully saturated rings. The van der Waals surface area contributed by atoms with Crippen LogP contribution in [0.4, 0.5) is 4.79 Å². The summed E-state index contributed by atoms with van der Waals surface area (Å²) in [5.74, 6) is -0.228. The number of rotatable bonds is 2. The standard InChI is InChI=1S/C12H14N2O2.C2H6/c1-8-3-4-10(5-9(8)2)6-14-7-11(15)13-12(14)16;1-2/h3-5H,6-7H2,1-2H3,(H,13,15,16);1-2H3. The van der Waals surface area contributed by atoms with Crippen molar-refractivity contribution in [2.45, 2.75) is 34.2 Å². The molecule has 0 saturated carbocycles. The van der Waals surface area contributed by atoms with Gasteiger partial charge >= 0.3 is 6.03 Å². The van der Waals surface area contributed by atoms with Crippen LogP contribution in [0.15, 0.2) is 18.2 Å². The van der Waals surface area contributed by atoms with Crippen LogP contribution in [0, 0.1) is 13.8 Å². The molecule has 1 aromatic rings. The Morgan fingerprint density at radius 1 is 1.17 bits per heavy atom. The molecule has 3 amide bonds. The maximum atomic E-state index is 11.3. The lowest BCUT2D eigenvalue weighted by Crippen LogP contribution is -2.27. The molecule has 0 aromatic heterocycles. The lowest BCUT2D eigenvalue weighted by atomic mass is 10.1. The van der Waals surface area contributed by atoms with Gasteiger partial charge in [-0.2, -0.15) is 0 Å². The van der Waals surface area contributed by atoms with Crippen LogP contribution in [-0.2, 0) is 11.3 Å². The zero-order chi connectivity index (χ0) is 13.7. The molecule has 0 spiro atoms. The van der Waals surface area contributed by atoms with Gasteiger partial charge in [0, 0.05) is 6.54 Å². The van der Waals surface area contributed by atoms with Crippen molar-refractivity contribution < 1.29 is 9.59 Å². The van der Waals surface area contributed by atoms with Crippen LogP contribution in [0.5, 0.6) is 0 Å². The lowest BCUT2D eigenvalue weighted by molar-refractivity contribution is -0.118. The van der Waals surface area contributed by atoms with Crippen molar-refractivity contribution in [2.75, 3.05) is 6.54 Å². The highest BCUT2D eigenvalue weighted by Crippen LogP contribution is 2.13. The second kappa shape index (κ2) is 6.19. The van der Waals surface area contributed by atoms with Crippen molar-refractivity contribution >= 4 is 11.9 Å². The van der Waals surface area contributed by atoms with Gasteiger partial charge in [-0.1, -0.05) is 32.0 Å². The molecule has 0 aliphatic carbocycles. The first-order valence-corrected chi connectivity index (χ1v) is 6.21. The van der Waals surface area contributed by atoms with E-state index in [0.717, 1.165) is 5.56 Å². The number of hydrogen-bond donors (Lipinski definition) is 1. The molecule has 1 aromatic carbocycles. The maximum Gasteiger partial charge on any atom is 0.324 e.